The van der Waals surface area contributed by atoms with Crippen LogP contribution in [-0.4, -0.2) is 44.8 Å². The molecule has 1 aliphatic rings. The molecule has 0 amide bonds. The number of aromatic nitrogens is 4. The quantitative estimate of drug-likeness (QED) is 0.550. The first-order valence-electron chi connectivity index (χ1n) is 10.2. The van der Waals surface area contributed by atoms with Crippen molar-refractivity contribution in [2.24, 2.45) is 5.92 Å². The minimum atomic E-state index is 0.642. The Morgan fingerprint density at radius 2 is 1.72 bits per heavy atom. The molecule has 1 unspecified atom stereocenters. The van der Waals surface area contributed by atoms with Gasteiger partial charge in [0.15, 0.2) is 0 Å². The van der Waals surface area contributed by atoms with Gasteiger partial charge in [0.2, 0.25) is 0 Å². The van der Waals surface area contributed by atoms with Gasteiger partial charge >= 0.3 is 0 Å². The van der Waals surface area contributed by atoms with Gasteiger partial charge in [-0.3, -0.25) is 5.10 Å². The highest BCUT2D eigenvalue weighted by molar-refractivity contribution is 5.86. The van der Waals surface area contributed by atoms with Crippen LogP contribution in [-0.2, 0) is 6.54 Å². The Morgan fingerprint density at radius 3 is 2.41 bits per heavy atom. The first kappa shape index (κ1) is 17.9. The molecule has 3 heterocycles. The highest BCUT2D eigenvalue weighted by Crippen LogP contribution is 2.37. The SMILES string of the molecule is CN1CCC(Cn2cnc(-c3ccccc3)c2-c2cn[nH]c2-c2ccccc2)C1. The van der Waals surface area contributed by atoms with Gasteiger partial charge in [0.05, 0.1) is 29.6 Å². The molecule has 0 saturated carbocycles. The molecular weight excluding hydrogens is 358 g/mol. The molecule has 0 radical (unpaired) electrons. The zero-order valence-corrected chi connectivity index (χ0v) is 16.6. The van der Waals surface area contributed by atoms with Crippen molar-refractivity contribution in [2.75, 3.05) is 20.1 Å². The van der Waals surface area contributed by atoms with E-state index in [4.69, 9.17) is 4.98 Å². The van der Waals surface area contributed by atoms with Crippen LogP contribution in [0, 0.1) is 5.92 Å². The second kappa shape index (κ2) is 7.68. The van der Waals surface area contributed by atoms with Crippen molar-refractivity contribution in [3.63, 3.8) is 0 Å². The first-order chi connectivity index (χ1) is 14.3. The lowest BCUT2D eigenvalue weighted by atomic mass is 10.0. The summed E-state index contributed by atoms with van der Waals surface area (Å²) in [5.74, 6) is 0.642. The molecule has 2 aromatic heterocycles. The number of likely N-dealkylation sites (tertiary alicyclic amines) is 1. The Morgan fingerprint density at radius 1 is 1.00 bits per heavy atom. The largest absolute Gasteiger partial charge is 0.330 e. The van der Waals surface area contributed by atoms with Crippen LogP contribution in [0.2, 0.25) is 0 Å². The lowest BCUT2D eigenvalue weighted by molar-refractivity contribution is 0.378. The van der Waals surface area contributed by atoms with Gasteiger partial charge in [0, 0.05) is 29.8 Å². The molecule has 2 aromatic carbocycles. The van der Waals surface area contributed by atoms with Crippen molar-refractivity contribution in [3.8, 4) is 33.8 Å². The van der Waals surface area contributed by atoms with Gasteiger partial charge in [-0.15, -0.1) is 0 Å². The molecule has 1 aliphatic heterocycles. The van der Waals surface area contributed by atoms with Crippen LogP contribution in [0.25, 0.3) is 33.8 Å². The lowest BCUT2D eigenvalue weighted by Gasteiger charge is -2.15. The second-order valence-electron chi connectivity index (χ2n) is 7.90. The van der Waals surface area contributed by atoms with E-state index in [2.05, 4.69) is 75.2 Å². The van der Waals surface area contributed by atoms with Crippen LogP contribution >= 0.6 is 0 Å². The number of hydrogen-bond donors (Lipinski definition) is 1. The number of hydrogen-bond acceptors (Lipinski definition) is 3. The molecule has 0 bridgehead atoms. The highest BCUT2D eigenvalue weighted by atomic mass is 15.1. The van der Waals surface area contributed by atoms with Crippen LogP contribution in [0.4, 0.5) is 0 Å². The fourth-order valence-corrected chi connectivity index (χ4v) is 4.35. The van der Waals surface area contributed by atoms with Gasteiger partial charge in [-0.1, -0.05) is 60.7 Å². The molecule has 0 aliphatic carbocycles. The van der Waals surface area contributed by atoms with E-state index in [1.807, 2.05) is 24.7 Å². The average molecular weight is 383 g/mol. The molecule has 5 heteroatoms. The third kappa shape index (κ3) is 3.49. The van der Waals surface area contributed by atoms with Crippen LogP contribution in [0.1, 0.15) is 6.42 Å². The molecule has 146 valence electrons. The summed E-state index contributed by atoms with van der Waals surface area (Å²) < 4.78 is 2.32. The minimum absolute atomic E-state index is 0.642. The minimum Gasteiger partial charge on any atom is -0.330 e. The third-order valence-corrected chi connectivity index (χ3v) is 5.79. The number of nitrogens with zero attached hydrogens (tertiary/aromatic N) is 4. The summed E-state index contributed by atoms with van der Waals surface area (Å²) in [5.41, 5.74) is 6.54. The maximum Gasteiger partial charge on any atom is 0.0964 e. The Labute approximate surface area is 171 Å². The Bertz CT molecular complexity index is 1080. The highest BCUT2D eigenvalue weighted by Gasteiger charge is 2.24. The predicted molar refractivity (Wildman–Crippen MR) is 116 cm³/mol. The maximum absolute atomic E-state index is 4.85. The van der Waals surface area contributed by atoms with Gasteiger partial charge in [0.25, 0.3) is 0 Å². The molecule has 5 nitrogen and oxygen atoms in total. The van der Waals surface area contributed by atoms with Gasteiger partial charge in [-0.25, -0.2) is 4.98 Å². The van der Waals surface area contributed by atoms with E-state index < -0.39 is 0 Å². The molecule has 29 heavy (non-hydrogen) atoms. The van der Waals surface area contributed by atoms with Crippen molar-refractivity contribution >= 4 is 0 Å². The zero-order chi connectivity index (χ0) is 19.6. The maximum atomic E-state index is 4.85. The van der Waals surface area contributed by atoms with Crippen LogP contribution in [0.5, 0.6) is 0 Å². The van der Waals surface area contributed by atoms with Crippen molar-refractivity contribution in [1.29, 1.82) is 0 Å². The van der Waals surface area contributed by atoms with Gasteiger partial charge in [-0.05, 0) is 25.9 Å². The second-order valence-corrected chi connectivity index (χ2v) is 7.90. The first-order valence-corrected chi connectivity index (χ1v) is 10.2. The van der Waals surface area contributed by atoms with Crippen molar-refractivity contribution in [3.05, 3.63) is 73.2 Å². The molecular formula is C24H25N5. The molecule has 0 spiro atoms. The zero-order valence-electron chi connectivity index (χ0n) is 16.6. The molecule has 1 N–H and O–H groups in total. The van der Waals surface area contributed by atoms with Gasteiger partial charge in [-0.2, -0.15) is 5.10 Å². The summed E-state index contributed by atoms with van der Waals surface area (Å²) in [6.07, 6.45) is 5.16. The lowest BCUT2D eigenvalue weighted by Crippen LogP contribution is -2.17. The topological polar surface area (TPSA) is 49.7 Å². The number of nitrogens with one attached hydrogen (secondary N) is 1. The normalized spacial score (nSPS) is 17.1. The Kier molecular flexibility index (Phi) is 4.74. The summed E-state index contributed by atoms with van der Waals surface area (Å²) in [4.78, 5) is 7.26. The fourth-order valence-electron chi connectivity index (χ4n) is 4.35. The van der Waals surface area contributed by atoms with E-state index in [0.29, 0.717) is 5.92 Å². The van der Waals surface area contributed by atoms with E-state index in [1.54, 1.807) is 0 Å². The Hall–Kier alpha value is -3.18. The van der Waals surface area contributed by atoms with Crippen molar-refractivity contribution < 1.29 is 0 Å². The van der Waals surface area contributed by atoms with Crippen molar-refractivity contribution in [1.82, 2.24) is 24.6 Å². The van der Waals surface area contributed by atoms with Crippen LogP contribution in [0.15, 0.2) is 73.2 Å². The summed E-state index contributed by atoms with van der Waals surface area (Å²) in [5, 5.41) is 7.62. The number of aromatic amines is 1. The number of benzene rings is 2. The fraction of sp³-hybridized carbons (Fsp3) is 0.250. The molecule has 1 fully saturated rings. The van der Waals surface area contributed by atoms with Crippen LogP contribution in [0.3, 0.4) is 0 Å². The molecule has 1 saturated heterocycles. The summed E-state index contributed by atoms with van der Waals surface area (Å²) in [6.45, 7) is 3.27. The predicted octanol–water partition coefficient (Wildman–Crippen LogP) is 4.56. The van der Waals surface area contributed by atoms with Crippen molar-refractivity contribution in [2.45, 2.75) is 13.0 Å². The summed E-state index contributed by atoms with van der Waals surface area (Å²) >= 11 is 0. The number of H-pyrrole nitrogens is 1. The van der Waals surface area contributed by atoms with E-state index in [0.717, 1.165) is 46.9 Å². The molecule has 1 atom stereocenters. The summed E-state index contributed by atoms with van der Waals surface area (Å²) in [6, 6.07) is 20.8. The van der Waals surface area contributed by atoms with E-state index in [1.165, 1.54) is 13.0 Å². The third-order valence-electron chi connectivity index (χ3n) is 5.79. The Balaban J connectivity index is 1.63. The molecule has 5 rings (SSSR count). The monoisotopic (exact) mass is 383 g/mol. The van der Waals surface area contributed by atoms with E-state index in [9.17, 15) is 0 Å². The van der Waals surface area contributed by atoms with Gasteiger partial charge in [0.1, 0.15) is 0 Å². The summed E-state index contributed by atoms with van der Waals surface area (Å²) in [7, 11) is 2.20. The number of imidazole rings is 1. The van der Waals surface area contributed by atoms with Gasteiger partial charge < -0.3 is 9.47 Å². The van der Waals surface area contributed by atoms with E-state index >= 15 is 0 Å². The molecule has 4 aromatic rings. The smallest absolute Gasteiger partial charge is 0.0964 e. The van der Waals surface area contributed by atoms with E-state index in [-0.39, 0.29) is 0 Å². The van der Waals surface area contributed by atoms with Crippen LogP contribution < -0.4 is 0 Å². The number of rotatable bonds is 5. The standard InChI is InChI=1S/C24H25N5/c1-28-13-12-18(15-28)16-29-17-25-23(20-10-6-3-7-11-20)24(29)21-14-26-27-22(21)19-8-4-2-5-9-19/h2-11,14,17-18H,12-13,15-16H2,1H3,(H,26,27). The average Bonchev–Trinajstić information content (AvgIpc) is 3.49.